The second-order valence-electron chi connectivity index (χ2n) is 20.7. The molecule has 6 nitrogen and oxygen atoms in total. The van der Waals surface area contributed by atoms with Gasteiger partial charge >= 0.3 is 5.97 Å². The topological polar surface area (TPSA) is 95.9 Å². The van der Waals surface area contributed by atoms with Crippen molar-refractivity contribution in [1.29, 1.82) is 0 Å². The number of aliphatic hydroxyl groups excluding tert-OH is 2. The quantitative estimate of drug-likeness (QED) is 0.0417. The van der Waals surface area contributed by atoms with Crippen molar-refractivity contribution in [2.24, 2.45) is 0 Å². The fourth-order valence-corrected chi connectivity index (χ4v) is 9.58. The van der Waals surface area contributed by atoms with E-state index in [1.54, 1.807) is 0 Å². The van der Waals surface area contributed by atoms with Crippen LogP contribution in [0.25, 0.3) is 0 Å². The van der Waals surface area contributed by atoms with E-state index in [0.717, 1.165) is 57.8 Å². The molecule has 0 saturated heterocycles. The van der Waals surface area contributed by atoms with Crippen LogP contribution in [0.4, 0.5) is 0 Å². The van der Waals surface area contributed by atoms with Gasteiger partial charge in [0.15, 0.2) is 0 Å². The second kappa shape index (κ2) is 55.5. The van der Waals surface area contributed by atoms with Gasteiger partial charge in [-0.25, -0.2) is 0 Å². The van der Waals surface area contributed by atoms with Crippen LogP contribution in [0.1, 0.15) is 341 Å². The monoisotopic (exact) mass is 920 g/mol. The molecule has 2 atom stereocenters. The molecular weight excluding hydrogens is 803 g/mol. The highest BCUT2D eigenvalue weighted by atomic mass is 16.5. The van der Waals surface area contributed by atoms with Gasteiger partial charge in [-0.1, -0.05) is 303 Å². The minimum absolute atomic E-state index is 0.00913. The summed E-state index contributed by atoms with van der Waals surface area (Å²) in [5.41, 5.74) is 0. The van der Waals surface area contributed by atoms with Crippen LogP contribution < -0.4 is 5.32 Å². The molecule has 0 spiro atoms. The number of ether oxygens (including phenoxy) is 1. The first-order valence-electron chi connectivity index (χ1n) is 29.8. The van der Waals surface area contributed by atoms with Crippen molar-refractivity contribution in [1.82, 2.24) is 5.32 Å². The number of amides is 1. The van der Waals surface area contributed by atoms with Crippen molar-refractivity contribution < 1.29 is 24.5 Å². The summed E-state index contributed by atoms with van der Waals surface area (Å²) >= 11 is 0. The number of carbonyl (C=O) groups excluding carboxylic acids is 2. The summed E-state index contributed by atoms with van der Waals surface area (Å²) in [7, 11) is 0. The number of carbonyl (C=O) groups is 2. The van der Waals surface area contributed by atoms with E-state index in [1.165, 1.54) is 250 Å². The Bertz CT molecular complexity index is 928. The zero-order valence-electron chi connectivity index (χ0n) is 44.3. The van der Waals surface area contributed by atoms with E-state index in [2.05, 4.69) is 19.2 Å². The molecular formula is C59H117NO5. The van der Waals surface area contributed by atoms with Crippen LogP contribution >= 0.6 is 0 Å². The van der Waals surface area contributed by atoms with Crippen LogP contribution in [0.3, 0.4) is 0 Å². The van der Waals surface area contributed by atoms with Crippen LogP contribution in [0, 0.1) is 0 Å². The Morgan fingerprint density at radius 1 is 0.369 bits per heavy atom. The maximum atomic E-state index is 12.5. The van der Waals surface area contributed by atoms with E-state index >= 15 is 0 Å². The minimum atomic E-state index is -0.676. The van der Waals surface area contributed by atoms with Gasteiger partial charge in [-0.3, -0.25) is 9.59 Å². The normalized spacial score (nSPS) is 12.5. The molecule has 0 rings (SSSR count). The van der Waals surface area contributed by atoms with E-state index in [0.29, 0.717) is 25.9 Å². The number of aliphatic hydroxyl groups is 2. The Morgan fingerprint density at radius 3 is 0.938 bits per heavy atom. The molecule has 6 heteroatoms. The van der Waals surface area contributed by atoms with E-state index in [4.69, 9.17) is 4.74 Å². The highest BCUT2D eigenvalue weighted by Crippen LogP contribution is 2.18. The van der Waals surface area contributed by atoms with Crippen LogP contribution in [0.5, 0.6) is 0 Å². The summed E-state index contributed by atoms with van der Waals surface area (Å²) in [5, 5.41) is 23.3. The molecule has 0 radical (unpaired) electrons. The molecule has 65 heavy (non-hydrogen) atoms. The SMILES string of the molecule is CCCCCCCCCCCCCCCCCCCCCCCCC(O)C(CO)NC(=O)CCCCCCCCCCCCCOC(=O)CCCCCCCCCCCCCCCCC. The first kappa shape index (κ1) is 63.9. The van der Waals surface area contributed by atoms with Crippen molar-refractivity contribution in [2.75, 3.05) is 13.2 Å². The van der Waals surface area contributed by atoms with E-state index < -0.39 is 12.1 Å². The Kier molecular flexibility index (Phi) is 54.5. The van der Waals surface area contributed by atoms with Crippen molar-refractivity contribution >= 4 is 11.9 Å². The van der Waals surface area contributed by atoms with E-state index in [9.17, 15) is 19.8 Å². The maximum absolute atomic E-state index is 12.5. The maximum Gasteiger partial charge on any atom is 0.305 e. The summed E-state index contributed by atoms with van der Waals surface area (Å²) in [5.74, 6) is -0.0581. The standard InChI is InChI=1S/C59H117NO5/c1-3-5-7-9-11-13-15-17-19-20-21-22-23-24-25-27-28-31-35-39-43-47-51-57(62)56(55-61)60-58(63)52-48-44-40-36-32-30-34-38-42-46-50-54-65-59(64)53-49-45-41-37-33-29-26-18-16-14-12-10-8-6-4-2/h56-57,61-62H,3-55H2,1-2H3,(H,60,63). The first-order valence-corrected chi connectivity index (χ1v) is 29.8. The van der Waals surface area contributed by atoms with Gasteiger partial charge in [-0.15, -0.1) is 0 Å². The van der Waals surface area contributed by atoms with E-state index in [-0.39, 0.29) is 18.5 Å². The molecule has 0 heterocycles. The fourth-order valence-electron chi connectivity index (χ4n) is 9.58. The van der Waals surface area contributed by atoms with Gasteiger partial charge in [0, 0.05) is 12.8 Å². The predicted molar refractivity (Wildman–Crippen MR) is 283 cm³/mol. The molecule has 388 valence electrons. The lowest BCUT2D eigenvalue weighted by molar-refractivity contribution is -0.143. The lowest BCUT2D eigenvalue weighted by atomic mass is 10.0. The van der Waals surface area contributed by atoms with Gasteiger partial charge in [0.2, 0.25) is 5.91 Å². The molecule has 1 amide bonds. The van der Waals surface area contributed by atoms with Crippen LogP contribution in [-0.2, 0) is 14.3 Å². The summed E-state index contributed by atoms with van der Waals surface area (Å²) in [6, 6.07) is -0.555. The van der Waals surface area contributed by atoms with Crippen LogP contribution in [-0.4, -0.2) is 47.4 Å². The minimum Gasteiger partial charge on any atom is -0.466 e. The molecule has 0 aliphatic heterocycles. The number of unbranched alkanes of at least 4 members (excludes halogenated alkanes) is 45. The summed E-state index contributed by atoms with van der Waals surface area (Å²) in [6.07, 6.45) is 63.8. The molecule has 2 unspecified atom stereocenters. The Balaban J connectivity index is 3.44. The Morgan fingerprint density at radius 2 is 0.631 bits per heavy atom. The van der Waals surface area contributed by atoms with Crippen molar-refractivity contribution in [3.05, 3.63) is 0 Å². The van der Waals surface area contributed by atoms with Gasteiger partial charge in [-0.05, 0) is 25.7 Å². The zero-order chi connectivity index (χ0) is 47.2. The molecule has 0 aromatic heterocycles. The van der Waals surface area contributed by atoms with Crippen LogP contribution in [0.15, 0.2) is 0 Å². The van der Waals surface area contributed by atoms with Gasteiger partial charge in [0.05, 0.1) is 25.4 Å². The van der Waals surface area contributed by atoms with Crippen molar-refractivity contribution in [3.8, 4) is 0 Å². The second-order valence-corrected chi connectivity index (χ2v) is 20.7. The van der Waals surface area contributed by atoms with Gasteiger partial charge < -0.3 is 20.3 Å². The summed E-state index contributed by atoms with van der Waals surface area (Å²) in [6.45, 7) is 4.95. The summed E-state index contributed by atoms with van der Waals surface area (Å²) < 4.78 is 5.47. The molecule has 0 bridgehead atoms. The molecule has 0 aliphatic rings. The molecule has 0 saturated carbocycles. The largest absolute Gasteiger partial charge is 0.466 e. The van der Waals surface area contributed by atoms with Crippen molar-refractivity contribution in [2.45, 2.75) is 353 Å². The third-order valence-electron chi connectivity index (χ3n) is 14.2. The lowest BCUT2D eigenvalue weighted by Gasteiger charge is -2.22. The molecule has 0 aliphatic carbocycles. The highest BCUT2D eigenvalue weighted by molar-refractivity contribution is 5.76. The molecule has 0 fully saturated rings. The summed E-state index contributed by atoms with van der Waals surface area (Å²) in [4.78, 5) is 24.6. The van der Waals surface area contributed by atoms with Crippen LogP contribution in [0.2, 0.25) is 0 Å². The lowest BCUT2D eigenvalue weighted by Crippen LogP contribution is -2.45. The Labute approximate surface area is 406 Å². The van der Waals surface area contributed by atoms with Gasteiger partial charge in [0.25, 0.3) is 0 Å². The third kappa shape index (κ3) is 52.1. The molecule has 0 aromatic carbocycles. The Hall–Kier alpha value is -1.14. The first-order chi connectivity index (χ1) is 32.0. The van der Waals surface area contributed by atoms with Gasteiger partial charge in [-0.2, -0.15) is 0 Å². The number of nitrogens with one attached hydrogen (secondary N) is 1. The average molecular weight is 921 g/mol. The van der Waals surface area contributed by atoms with Crippen molar-refractivity contribution in [3.63, 3.8) is 0 Å². The third-order valence-corrected chi connectivity index (χ3v) is 14.2. The number of esters is 1. The predicted octanol–water partition coefficient (Wildman–Crippen LogP) is 18.3. The average Bonchev–Trinajstić information content (AvgIpc) is 3.31. The van der Waals surface area contributed by atoms with Gasteiger partial charge in [0.1, 0.15) is 0 Å². The highest BCUT2D eigenvalue weighted by Gasteiger charge is 2.20. The fraction of sp³-hybridized carbons (Fsp3) is 0.966. The molecule has 0 aromatic rings. The zero-order valence-corrected chi connectivity index (χ0v) is 44.3. The number of hydrogen-bond acceptors (Lipinski definition) is 5. The molecule has 3 N–H and O–H groups in total. The number of hydrogen-bond donors (Lipinski definition) is 3. The smallest absolute Gasteiger partial charge is 0.305 e. The number of rotatable bonds is 56. The van der Waals surface area contributed by atoms with E-state index in [1.807, 2.05) is 0 Å².